The molecule has 0 radical (unpaired) electrons. The van der Waals surface area contributed by atoms with Crippen molar-refractivity contribution in [2.45, 2.75) is 26.3 Å². The standard InChI is InChI=1S/C16H17ClN4O4/c1-7(2)16(3)14(22)19-12(20-16)11-10(25-15(23)24)5-8-9(17)6-21(4)13(8)18-11/h5-7H,1-4H3,(H,23,24)(H,19,20,22). The highest BCUT2D eigenvalue weighted by Crippen LogP contribution is 2.33. The minimum Gasteiger partial charge on any atom is -0.449 e. The number of halogens is 1. The quantitative estimate of drug-likeness (QED) is 0.814. The van der Waals surface area contributed by atoms with Crippen molar-refractivity contribution in [1.82, 2.24) is 14.9 Å². The smallest absolute Gasteiger partial charge is 0.449 e. The largest absolute Gasteiger partial charge is 0.511 e. The summed E-state index contributed by atoms with van der Waals surface area (Å²) >= 11 is 6.14. The van der Waals surface area contributed by atoms with Crippen molar-refractivity contribution in [3.63, 3.8) is 0 Å². The molecule has 2 aromatic rings. The number of amidine groups is 1. The third kappa shape index (κ3) is 2.72. The molecule has 0 spiro atoms. The molecule has 1 aliphatic rings. The molecule has 3 heterocycles. The SMILES string of the molecule is CC(C)C1(C)N=C(c2nc3c(cc2OC(=O)O)c(Cl)cn3C)NC1=O. The molecule has 2 aromatic heterocycles. The van der Waals surface area contributed by atoms with Crippen molar-refractivity contribution in [2.24, 2.45) is 18.0 Å². The van der Waals surface area contributed by atoms with Crippen molar-refractivity contribution in [3.8, 4) is 5.75 Å². The van der Waals surface area contributed by atoms with E-state index >= 15 is 0 Å². The van der Waals surface area contributed by atoms with Crippen LogP contribution in [-0.2, 0) is 11.8 Å². The fraction of sp³-hybridized carbons (Fsp3) is 0.375. The predicted molar refractivity (Wildman–Crippen MR) is 92.3 cm³/mol. The Morgan fingerprint density at radius 2 is 2.16 bits per heavy atom. The normalized spacial score (nSPS) is 20.1. The molecule has 2 N–H and O–H groups in total. The van der Waals surface area contributed by atoms with E-state index in [1.165, 1.54) is 6.07 Å². The molecule has 9 heteroatoms. The average molecular weight is 365 g/mol. The maximum Gasteiger partial charge on any atom is 0.511 e. The number of aryl methyl sites for hydroxylation is 1. The van der Waals surface area contributed by atoms with Gasteiger partial charge in [0.05, 0.1) is 5.02 Å². The summed E-state index contributed by atoms with van der Waals surface area (Å²) in [6.45, 7) is 5.48. The summed E-state index contributed by atoms with van der Waals surface area (Å²) in [5, 5.41) is 12.6. The number of amides is 1. The number of carbonyl (C=O) groups is 2. The Balaban J connectivity index is 2.22. The minimum atomic E-state index is -1.49. The number of carboxylic acid groups (broad SMARTS) is 1. The second-order valence-corrected chi connectivity index (χ2v) is 6.79. The number of hydrogen-bond acceptors (Lipinski definition) is 5. The van der Waals surface area contributed by atoms with Crippen LogP contribution in [0, 0.1) is 5.92 Å². The number of carbonyl (C=O) groups excluding carboxylic acids is 1. The van der Waals surface area contributed by atoms with E-state index < -0.39 is 11.7 Å². The summed E-state index contributed by atoms with van der Waals surface area (Å²) in [4.78, 5) is 32.3. The number of nitrogens with one attached hydrogen (secondary N) is 1. The highest BCUT2D eigenvalue weighted by molar-refractivity contribution is 6.35. The number of ether oxygens (including phenoxy) is 1. The van der Waals surface area contributed by atoms with E-state index in [-0.39, 0.29) is 29.1 Å². The molecule has 132 valence electrons. The summed E-state index contributed by atoms with van der Waals surface area (Å²) in [5.74, 6) is -0.190. The molecule has 0 saturated heterocycles. The van der Waals surface area contributed by atoms with E-state index in [2.05, 4.69) is 15.3 Å². The fourth-order valence-electron chi connectivity index (χ4n) is 2.62. The first-order valence-corrected chi connectivity index (χ1v) is 7.99. The van der Waals surface area contributed by atoms with Gasteiger partial charge in [-0.2, -0.15) is 0 Å². The molecule has 0 bridgehead atoms. The van der Waals surface area contributed by atoms with Crippen LogP contribution in [0.2, 0.25) is 5.02 Å². The number of aromatic nitrogens is 2. The maximum absolute atomic E-state index is 12.4. The molecule has 8 nitrogen and oxygen atoms in total. The Bertz CT molecular complexity index is 934. The predicted octanol–water partition coefficient (Wildman–Crippen LogP) is 2.57. The molecule has 0 saturated carbocycles. The zero-order chi connectivity index (χ0) is 18.5. The summed E-state index contributed by atoms with van der Waals surface area (Å²) in [5.41, 5.74) is -0.295. The summed E-state index contributed by atoms with van der Waals surface area (Å²) in [6.07, 6.45) is 0.159. The van der Waals surface area contributed by atoms with Crippen LogP contribution >= 0.6 is 11.6 Å². The number of nitrogens with zero attached hydrogens (tertiary/aromatic N) is 3. The lowest BCUT2D eigenvalue weighted by atomic mass is 9.89. The van der Waals surface area contributed by atoms with Gasteiger partial charge in [-0.15, -0.1) is 0 Å². The van der Waals surface area contributed by atoms with E-state index in [1.807, 2.05) is 13.8 Å². The third-order valence-corrected chi connectivity index (χ3v) is 4.75. The monoisotopic (exact) mass is 364 g/mol. The van der Waals surface area contributed by atoms with Gasteiger partial charge in [0.15, 0.2) is 17.3 Å². The number of rotatable bonds is 3. The van der Waals surface area contributed by atoms with Gasteiger partial charge in [-0.3, -0.25) is 4.79 Å². The molecule has 1 aliphatic heterocycles. The van der Waals surface area contributed by atoms with Crippen molar-refractivity contribution in [3.05, 3.63) is 23.0 Å². The van der Waals surface area contributed by atoms with Gasteiger partial charge in [-0.1, -0.05) is 25.4 Å². The van der Waals surface area contributed by atoms with E-state index in [0.717, 1.165) is 0 Å². The Kier molecular flexibility index (Phi) is 3.95. The molecule has 0 fully saturated rings. The highest BCUT2D eigenvalue weighted by Gasteiger charge is 2.43. The number of aliphatic imine (C=N–C) groups is 1. The molecule has 1 amide bonds. The molecule has 1 atom stereocenters. The lowest BCUT2D eigenvalue weighted by molar-refractivity contribution is -0.124. The van der Waals surface area contributed by atoms with Crippen LogP contribution in [0.15, 0.2) is 17.3 Å². The lowest BCUT2D eigenvalue weighted by Crippen LogP contribution is -2.41. The molecule has 25 heavy (non-hydrogen) atoms. The number of fused-ring (bicyclic) bond motifs is 1. The maximum atomic E-state index is 12.4. The van der Waals surface area contributed by atoms with E-state index in [4.69, 9.17) is 21.4 Å². The van der Waals surface area contributed by atoms with Crippen LogP contribution in [-0.4, -0.2) is 38.1 Å². The second-order valence-electron chi connectivity index (χ2n) is 6.38. The Hall–Kier alpha value is -2.61. The van der Waals surface area contributed by atoms with E-state index in [0.29, 0.717) is 16.1 Å². The van der Waals surface area contributed by atoms with Crippen LogP contribution in [0.1, 0.15) is 26.5 Å². The zero-order valence-electron chi connectivity index (χ0n) is 14.1. The van der Waals surface area contributed by atoms with Gasteiger partial charge in [0.25, 0.3) is 5.91 Å². The minimum absolute atomic E-state index is 0.0415. The van der Waals surface area contributed by atoms with Gasteiger partial charge >= 0.3 is 6.16 Å². The summed E-state index contributed by atoms with van der Waals surface area (Å²) in [6, 6.07) is 1.48. The first kappa shape index (κ1) is 17.2. The Labute approximate surface area is 148 Å². The van der Waals surface area contributed by atoms with Crippen LogP contribution in [0.5, 0.6) is 5.75 Å². The van der Waals surface area contributed by atoms with Crippen molar-refractivity contribution in [1.29, 1.82) is 0 Å². The van der Waals surface area contributed by atoms with Crippen LogP contribution in [0.3, 0.4) is 0 Å². The summed E-state index contributed by atoms with van der Waals surface area (Å²) < 4.78 is 6.55. The fourth-order valence-corrected chi connectivity index (χ4v) is 2.91. The Morgan fingerprint density at radius 3 is 2.72 bits per heavy atom. The lowest BCUT2D eigenvalue weighted by Gasteiger charge is -2.21. The first-order chi connectivity index (χ1) is 11.6. The van der Waals surface area contributed by atoms with Crippen molar-refractivity contribution < 1.29 is 19.4 Å². The third-order valence-electron chi connectivity index (χ3n) is 4.45. The summed E-state index contributed by atoms with van der Waals surface area (Å²) in [7, 11) is 1.76. The molecule has 0 aromatic carbocycles. The van der Waals surface area contributed by atoms with Crippen LogP contribution in [0.4, 0.5) is 4.79 Å². The topological polar surface area (TPSA) is 106 Å². The molecule has 0 aliphatic carbocycles. The van der Waals surface area contributed by atoms with Gasteiger partial charge in [-0.25, -0.2) is 14.8 Å². The van der Waals surface area contributed by atoms with Gasteiger partial charge in [0.2, 0.25) is 0 Å². The van der Waals surface area contributed by atoms with Gasteiger partial charge < -0.3 is 19.7 Å². The number of hydrogen-bond donors (Lipinski definition) is 2. The average Bonchev–Trinajstić information content (AvgIpc) is 2.96. The van der Waals surface area contributed by atoms with Gasteiger partial charge in [0, 0.05) is 18.6 Å². The van der Waals surface area contributed by atoms with E-state index in [9.17, 15) is 9.59 Å². The van der Waals surface area contributed by atoms with Crippen molar-refractivity contribution >= 4 is 40.5 Å². The second kappa shape index (κ2) is 5.73. The molecular weight excluding hydrogens is 348 g/mol. The van der Waals surface area contributed by atoms with Crippen LogP contribution < -0.4 is 10.1 Å². The molecule has 3 rings (SSSR count). The van der Waals surface area contributed by atoms with Gasteiger partial charge in [-0.05, 0) is 18.9 Å². The molecular formula is C16H17ClN4O4. The number of pyridine rings is 1. The van der Waals surface area contributed by atoms with E-state index in [1.54, 1.807) is 24.7 Å². The molecule has 1 unspecified atom stereocenters. The highest BCUT2D eigenvalue weighted by atomic mass is 35.5. The first-order valence-electron chi connectivity index (χ1n) is 7.61. The Morgan fingerprint density at radius 1 is 1.48 bits per heavy atom. The van der Waals surface area contributed by atoms with Gasteiger partial charge in [0.1, 0.15) is 11.2 Å². The van der Waals surface area contributed by atoms with Crippen LogP contribution in [0.25, 0.3) is 11.0 Å². The van der Waals surface area contributed by atoms with Crippen molar-refractivity contribution in [2.75, 3.05) is 0 Å². The zero-order valence-corrected chi connectivity index (χ0v) is 14.9.